The molecule has 0 radical (unpaired) electrons. The van der Waals surface area contributed by atoms with E-state index in [1.165, 1.54) is 18.9 Å². The summed E-state index contributed by atoms with van der Waals surface area (Å²) in [6.45, 7) is 0. The van der Waals surface area contributed by atoms with Crippen molar-refractivity contribution in [1.82, 2.24) is 0 Å². The SMILES string of the molecule is NC1(c2ccccc2OC(F)(F)F)CCCC(C2CC2)C1. The van der Waals surface area contributed by atoms with Crippen molar-refractivity contribution in [3.63, 3.8) is 0 Å². The van der Waals surface area contributed by atoms with Gasteiger partial charge in [-0.15, -0.1) is 13.2 Å². The lowest BCUT2D eigenvalue weighted by Gasteiger charge is -2.39. The summed E-state index contributed by atoms with van der Waals surface area (Å²) >= 11 is 0. The predicted octanol–water partition coefficient (Wildman–Crippen LogP) is 4.34. The first-order valence-electron chi connectivity index (χ1n) is 7.51. The minimum absolute atomic E-state index is 0.149. The number of rotatable bonds is 3. The van der Waals surface area contributed by atoms with Crippen LogP contribution in [0.15, 0.2) is 24.3 Å². The van der Waals surface area contributed by atoms with Gasteiger partial charge in [0.25, 0.3) is 0 Å². The highest BCUT2D eigenvalue weighted by Gasteiger charge is 2.43. The second-order valence-electron chi connectivity index (χ2n) is 6.39. The van der Waals surface area contributed by atoms with Crippen molar-refractivity contribution in [3.8, 4) is 5.75 Å². The van der Waals surface area contributed by atoms with Gasteiger partial charge in [0.05, 0.1) is 0 Å². The van der Waals surface area contributed by atoms with Crippen LogP contribution in [0, 0.1) is 11.8 Å². The summed E-state index contributed by atoms with van der Waals surface area (Å²) in [7, 11) is 0. The highest BCUT2D eigenvalue weighted by atomic mass is 19.4. The predicted molar refractivity (Wildman–Crippen MR) is 73.7 cm³/mol. The Balaban J connectivity index is 1.87. The van der Waals surface area contributed by atoms with Crippen LogP contribution in [0.4, 0.5) is 13.2 Å². The molecule has 2 N–H and O–H groups in total. The van der Waals surface area contributed by atoms with Gasteiger partial charge in [-0.3, -0.25) is 0 Å². The number of hydrogen-bond acceptors (Lipinski definition) is 2. The molecule has 21 heavy (non-hydrogen) atoms. The lowest BCUT2D eigenvalue weighted by Crippen LogP contribution is -2.42. The topological polar surface area (TPSA) is 35.2 Å². The van der Waals surface area contributed by atoms with Crippen molar-refractivity contribution in [2.24, 2.45) is 17.6 Å². The molecule has 0 heterocycles. The summed E-state index contributed by atoms with van der Waals surface area (Å²) in [6.07, 6.45) is 1.38. The van der Waals surface area contributed by atoms with Gasteiger partial charge in [-0.05, 0) is 43.6 Å². The van der Waals surface area contributed by atoms with Crippen LogP contribution in [0.2, 0.25) is 0 Å². The van der Waals surface area contributed by atoms with Crippen LogP contribution in [-0.2, 0) is 5.54 Å². The second kappa shape index (κ2) is 5.20. The Hall–Kier alpha value is -1.23. The molecule has 2 aliphatic carbocycles. The molecule has 2 aliphatic rings. The molecule has 2 atom stereocenters. The van der Waals surface area contributed by atoms with E-state index in [-0.39, 0.29) is 5.75 Å². The van der Waals surface area contributed by atoms with Crippen LogP contribution in [0.5, 0.6) is 5.75 Å². The third kappa shape index (κ3) is 3.34. The Morgan fingerprint density at radius 1 is 1.10 bits per heavy atom. The van der Waals surface area contributed by atoms with Gasteiger partial charge in [-0.1, -0.05) is 31.0 Å². The third-order valence-corrected chi connectivity index (χ3v) is 4.76. The van der Waals surface area contributed by atoms with Crippen molar-refractivity contribution in [3.05, 3.63) is 29.8 Å². The van der Waals surface area contributed by atoms with E-state index in [4.69, 9.17) is 5.73 Å². The lowest BCUT2D eigenvalue weighted by atomic mass is 9.71. The van der Waals surface area contributed by atoms with E-state index in [0.29, 0.717) is 17.9 Å². The smallest absolute Gasteiger partial charge is 0.405 e. The van der Waals surface area contributed by atoms with Crippen LogP contribution in [0.3, 0.4) is 0 Å². The third-order valence-electron chi connectivity index (χ3n) is 4.76. The van der Waals surface area contributed by atoms with E-state index in [1.807, 2.05) is 0 Å². The van der Waals surface area contributed by atoms with E-state index in [2.05, 4.69) is 4.74 Å². The largest absolute Gasteiger partial charge is 0.573 e. The zero-order valence-corrected chi connectivity index (χ0v) is 11.8. The average molecular weight is 299 g/mol. The Morgan fingerprint density at radius 2 is 1.81 bits per heavy atom. The van der Waals surface area contributed by atoms with E-state index in [1.54, 1.807) is 18.2 Å². The van der Waals surface area contributed by atoms with E-state index >= 15 is 0 Å². The molecule has 0 spiro atoms. The van der Waals surface area contributed by atoms with Crippen LogP contribution in [0.25, 0.3) is 0 Å². The van der Waals surface area contributed by atoms with Gasteiger partial charge in [-0.2, -0.15) is 0 Å². The minimum Gasteiger partial charge on any atom is -0.405 e. The molecule has 0 aliphatic heterocycles. The number of ether oxygens (including phenoxy) is 1. The molecule has 2 fully saturated rings. The van der Waals surface area contributed by atoms with E-state index in [9.17, 15) is 13.2 Å². The molecule has 116 valence electrons. The average Bonchev–Trinajstić information content (AvgIpc) is 3.21. The van der Waals surface area contributed by atoms with Crippen molar-refractivity contribution in [2.75, 3.05) is 0 Å². The number of hydrogen-bond donors (Lipinski definition) is 1. The molecule has 2 nitrogen and oxygen atoms in total. The fourth-order valence-corrected chi connectivity index (χ4v) is 3.66. The van der Waals surface area contributed by atoms with Crippen molar-refractivity contribution < 1.29 is 17.9 Å². The summed E-state index contributed by atoms with van der Waals surface area (Å²) in [5.41, 5.74) is 6.30. The zero-order valence-electron chi connectivity index (χ0n) is 11.8. The van der Waals surface area contributed by atoms with Gasteiger partial charge in [0.15, 0.2) is 0 Å². The summed E-state index contributed by atoms with van der Waals surface area (Å²) in [6, 6.07) is 6.32. The molecule has 2 unspecified atom stereocenters. The Bertz CT molecular complexity index is 512. The minimum atomic E-state index is -4.68. The second-order valence-corrected chi connectivity index (χ2v) is 6.39. The Morgan fingerprint density at radius 3 is 2.48 bits per heavy atom. The Kier molecular flexibility index (Phi) is 3.64. The van der Waals surface area contributed by atoms with Gasteiger partial charge in [-0.25, -0.2) is 0 Å². The molecule has 0 aromatic heterocycles. The molecule has 0 saturated heterocycles. The standard InChI is InChI=1S/C16H20F3NO/c17-16(18,19)21-14-6-2-1-5-13(14)15(20)9-3-4-12(10-15)11-7-8-11/h1-2,5-6,11-12H,3-4,7-10,20H2. The summed E-state index contributed by atoms with van der Waals surface area (Å²) in [5, 5.41) is 0. The van der Waals surface area contributed by atoms with Crippen molar-refractivity contribution >= 4 is 0 Å². The van der Waals surface area contributed by atoms with Crippen molar-refractivity contribution in [1.29, 1.82) is 0 Å². The number of para-hydroxylation sites is 1. The maximum Gasteiger partial charge on any atom is 0.573 e. The number of benzene rings is 1. The lowest BCUT2D eigenvalue weighted by molar-refractivity contribution is -0.275. The van der Waals surface area contributed by atoms with Gasteiger partial charge in [0.1, 0.15) is 5.75 Å². The normalized spacial score (nSPS) is 30.2. The number of nitrogens with two attached hydrogens (primary N) is 1. The molecule has 3 rings (SSSR count). The van der Waals surface area contributed by atoms with Crippen LogP contribution in [0.1, 0.15) is 44.1 Å². The summed E-state index contributed by atoms with van der Waals surface area (Å²) in [5.74, 6) is 1.12. The molecule has 0 bridgehead atoms. The zero-order chi connectivity index (χ0) is 15.1. The number of alkyl halides is 3. The van der Waals surface area contributed by atoms with Crippen LogP contribution >= 0.6 is 0 Å². The highest BCUT2D eigenvalue weighted by molar-refractivity contribution is 5.39. The van der Waals surface area contributed by atoms with Gasteiger partial charge in [0, 0.05) is 11.1 Å². The maximum atomic E-state index is 12.6. The number of halogens is 3. The summed E-state index contributed by atoms with van der Waals surface area (Å²) in [4.78, 5) is 0. The van der Waals surface area contributed by atoms with Gasteiger partial charge in [0.2, 0.25) is 0 Å². The maximum absolute atomic E-state index is 12.6. The quantitative estimate of drug-likeness (QED) is 0.901. The van der Waals surface area contributed by atoms with E-state index in [0.717, 1.165) is 25.2 Å². The molecule has 2 saturated carbocycles. The fourth-order valence-electron chi connectivity index (χ4n) is 3.66. The first-order valence-corrected chi connectivity index (χ1v) is 7.51. The monoisotopic (exact) mass is 299 g/mol. The molecular weight excluding hydrogens is 279 g/mol. The fraction of sp³-hybridized carbons (Fsp3) is 0.625. The molecule has 1 aromatic rings. The molecule has 0 amide bonds. The first-order chi connectivity index (χ1) is 9.87. The molecule has 1 aromatic carbocycles. The Labute approximate surface area is 122 Å². The van der Waals surface area contributed by atoms with Gasteiger partial charge < -0.3 is 10.5 Å². The molecular formula is C16H20F3NO. The van der Waals surface area contributed by atoms with Crippen LogP contribution < -0.4 is 10.5 Å². The van der Waals surface area contributed by atoms with Crippen LogP contribution in [-0.4, -0.2) is 6.36 Å². The van der Waals surface area contributed by atoms with Gasteiger partial charge >= 0.3 is 6.36 Å². The summed E-state index contributed by atoms with van der Waals surface area (Å²) < 4.78 is 41.9. The molecule has 5 heteroatoms. The highest BCUT2D eigenvalue weighted by Crippen LogP contribution is 2.50. The van der Waals surface area contributed by atoms with E-state index < -0.39 is 11.9 Å². The van der Waals surface area contributed by atoms with Crippen molar-refractivity contribution in [2.45, 2.75) is 50.4 Å². The first kappa shape index (κ1) is 14.7.